The van der Waals surface area contributed by atoms with Crippen LogP contribution in [-0.2, 0) is 9.13 Å². The lowest BCUT2D eigenvalue weighted by molar-refractivity contribution is 0.415. The van der Waals surface area contributed by atoms with Crippen LogP contribution in [0.1, 0.15) is 22.3 Å². The Hall–Kier alpha value is -3.84. The summed E-state index contributed by atoms with van der Waals surface area (Å²) >= 11 is 0. The van der Waals surface area contributed by atoms with Crippen LogP contribution in [0.2, 0.25) is 0 Å². The molecule has 5 aromatic carbocycles. The van der Waals surface area contributed by atoms with Crippen LogP contribution in [0, 0.1) is 27.7 Å². The van der Waals surface area contributed by atoms with Crippen LogP contribution in [0.5, 0.6) is 5.75 Å². The molecule has 232 valence electrons. The van der Waals surface area contributed by atoms with Crippen molar-refractivity contribution in [1.29, 1.82) is 0 Å². The molecule has 4 nitrogen and oxygen atoms in total. The van der Waals surface area contributed by atoms with Crippen molar-refractivity contribution < 1.29 is 13.9 Å². The molecule has 0 N–H and O–H groups in total. The van der Waals surface area contributed by atoms with Gasteiger partial charge in [0.25, 0.3) is 0 Å². The van der Waals surface area contributed by atoms with Gasteiger partial charge in [-0.05, 0) is 52.0 Å². The number of hydrogen-bond donors (Lipinski definition) is 0. The first kappa shape index (κ1) is 32.6. The average Bonchev–Trinajstić information content (AvgIpc) is 3.06. The maximum absolute atomic E-state index is 15.1. The highest BCUT2D eigenvalue weighted by atomic mass is 31.2. The highest BCUT2D eigenvalue weighted by Gasteiger charge is 2.31. The molecule has 0 unspecified atom stereocenters. The van der Waals surface area contributed by atoms with E-state index in [-0.39, 0.29) is 0 Å². The van der Waals surface area contributed by atoms with E-state index < -0.39 is 14.3 Å². The molecule has 0 spiro atoms. The molecule has 0 heterocycles. The standard InChI is InChI=1S/C39H43NO3P2/c1-30-6-18-36(19-7-30)44(41,37-20-8-31(2)9-21-37)28-26-40(34-14-16-35(43-5)17-15-34)27-29-45(42,38-22-10-32(3)11-23-38)39-24-12-33(4)13-25-39/h6-25H,26-29H2,1-5H3. The number of anilines is 1. The zero-order valence-electron chi connectivity index (χ0n) is 26.9. The van der Waals surface area contributed by atoms with E-state index in [0.717, 1.165) is 54.9 Å². The Balaban J connectivity index is 1.51. The van der Waals surface area contributed by atoms with Gasteiger partial charge in [-0.2, -0.15) is 0 Å². The number of aryl methyl sites for hydroxylation is 4. The van der Waals surface area contributed by atoms with Gasteiger partial charge in [0.05, 0.1) is 7.11 Å². The van der Waals surface area contributed by atoms with Crippen molar-refractivity contribution in [2.75, 3.05) is 37.4 Å². The van der Waals surface area contributed by atoms with Gasteiger partial charge < -0.3 is 18.8 Å². The van der Waals surface area contributed by atoms with E-state index >= 15 is 9.13 Å². The molecule has 0 aliphatic heterocycles. The van der Waals surface area contributed by atoms with Gasteiger partial charge in [0.15, 0.2) is 0 Å². The second-order valence-electron chi connectivity index (χ2n) is 12.0. The topological polar surface area (TPSA) is 46.6 Å². The lowest BCUT2D eigenvalue weighted by atomic mass is 10.2. The molecule has 0 aliphatic rings. The van der Waals surface area contributed by atoms with E-state index in [0.29, 0.717) is 25.4 Å². The summed E-state index contributed by atoms with van der Waals surface area (Å²) in [6.45, 7) is 9.26. The smallest absolute Gasteiger partial charge is 0.144 e. The monoisotopic (exact) mass is 635 g/mol. The van der Waals surface area contributed by atoms with Crippen LogP contribution in [-0.4, -0.2) is 32.5 Å². The number of hydrogen-bond acceptors (Lipinski definition) is 4. The van der Waals surface area contributed by atoms with Crippen molar-refractivity contribution in [3.8, 4) is 5.75 Å². The summed E-state index contributed by atoms with van der Waals surface area (Å²) in [7, 11) is -4.30. The van der Waals surface area contributed by atoms with Gasteiger partial charge >= 0.3 is 0 Å². The molecule has 6 heteroatoms. The predicted molar refractivity (Wildman–Crippen MR) is 193 cm³/mol. The molecule has 0 saturated heterocycles. The molecule has 0 aliphatic carbocycles. The second kappa shape index (κ2) is 14.1. The fourth-order valence-electron chi connectivity index (χ4n) is 5.64. The molecule has 0 amide bonds. The van der Waals surface area contributed by atoms with Crippen LogP contribution in [0.3, 0.4) is 0 Å². The zero-order valence-corrected chi connectivity index (χ0v) is 28.7. The first-order chi connectivity index (χ1) is 21.6. The molecule has 0 saturated carbocycles. The molecule has 5 aromatic rings. The SMILES string of the molecule is COc1ccc(N(CCP(=O)(c2ccc(C)cc2)c2ccc(C)cc2)CCP(=O)(c2ccc(C)cc2)c2ccc(C)cc2)cc1. The van der Waals surface area contributed by atoms with Crippen LogP contribution in [0.15, 0.2) is 121 Å². The fourth-order valence-corrected chi connectivity index (χ4v) is 10.8. The summed E-state index contributed by atoms with van der Waals surface area (Å²) in [5, 5.41) is 3.43. The lowest BCUT2D eigenvalue weighted by Crippen LogP contribution is -2.34. The number of methoxy groups -OCH3 is 1. The molecule has 0 aromatic heterocycles. The van der Waals surface area contributed by atoms with Crippen molar-refractivity contribution in [2.45, 2.75) is 27.7 Å². The maximum atomic E-state index is 15.1. The third kappa shape index (κ3) is 7.52. The summed E-state index contributed by atoms with van der Waals surface area (Å²) in [5.74, 6) is 0.772. The molecule has 0 fully saturated rings. The Morgan fingerprint density at radius 2 is 0.756 bits per heavy atom. The van der Waals surface area contributed by atoms with E-state index in [1.165, 1.54) is 0 Å². The van der Waals surface area contributed by atoms with Crippen molar-refractivity contribution in [2.24, 2.45) is 0 Å². The van der Waals surface area contributed by atoms with Gasteiger partial charge in [-0.15, -0.1) is 0 Å². The third-order valence-corrected chi connectivity index (χ3v) is 14.8. The minimum Gasteiger partial charge on any atom is -0.497 e. The van der Waals surface area contributed by atoms with Crippen molar-refractivity contribution in [3.63, 3.8) is 0 Å². The Morgan fingerprint density at radius 1 is 0.467 bits per heavy atom. The highest BCUT2D eigenvalue weighted by molar-refractivity contribution is 7.79. The van der Waals surface area contributed by atoms with E-state index in [4.69, 9.17) is 4.74 Å². The average molecular weight is 636 g/mol. The van der Waals surface area contributed by atoms with Crippen molar-refractivity contribution in [3.05, 3.63) is 144 Å². The molecule has 0 atom stereocenters. The number of rotatable bonds is 12. The van der Waals surface area contributed by atoms with E-state index in [1.807, 2.05) is 149 Å². The summed E-state index contributed by atoms with van der Waals surface area (Å²) < 4.78 is 35.6. The fraction of sp³-hybridized carbons (Fsp3) is 0.231. The number of nitrogens with zero attached hydrogens (tertiary/aromatic N) is 1. The predicted octanol–water partition coefficient (Wildman–Crippen LogP) is 7.76. The van der Waals surface area contributed by atoms with Crippen LogP contribution < -0.4 is 30.9 Å². The normalized spacial score (nSPS) is 11.8. The molecule has 0 radical (unpaired) electrons. The van der Waals surface area contributed by atoms with Gasteiger partial charge in [-0.3, -0.25) is 0 Å². The third-order valence-electron chi connectivity index (χ3n) is 8.61. The highest BCUT2D eigenvalue weighted by Crippen LogP contribution is 2.45. The quantitative estimate of drug-likeness (QED) is 0.132. The Labute approximate surface area is 268 Å². The minimum atomic E-state index is -2.98. The molecular weight excluding hydrogens is 592 g/mol. The molecule has 45 heavy (non-hydrogen) atoms. The van der Waals surface area contributed by atoms with E-state index in [1.54, 1.807) is 7.11 Å². The lowest BCUT2D eigenvalue weighted by Gasteiger charge is -2.30. The van der Waals surface area contributed by atoms with Gasteiger partial charge in [0.1, 0.15) is 20.0 Å². The summed E-state index contributed by atoms with van der Waals surface area (Å²) in [6.07, 6.45) is 0.898. The van der Waals surface area contributed by atoms with Crippen LogP contribution in [0.4, 0.5) is 5.69 Å². The first-order valence-corrected chi connectivity index (χ1v) is 19.3. The molecule has 5 rings (SSSR count). The van der Waals surface area contributed by atoms with Gasteiger partial charge in [-0.1, -0.05) is 119 Å². The maximum Gasteiger partial charge on any atom is 0.144 e. The molecule has 0 bridgehead atoms. The Morgan fingerprint density at radius 3 is 1.02 bits per heavy atom. The van der Waals surface area contributed by atoms with Gasteiger partial charge in [0.2, 0.25) is 0 Å². The first-order valence-electron chi connectivity index (χ1n) is 15.5. The van der Waals surface area contributed by atoms with Crippen LogP contribution in [0.25, 0.3) is 0 Å². The second-order valence-corrected chi connectivity index (χ2v) is 17.9. The number of benzene rings is 5. The minimum absolute atomic E-state index is 0.449. The Kier molecular flexibility index (Phi) is 10.2. The van der Waals surface area contributed by atoms with Gasteiger partial charge in [0, 0.05) is 52.3 Å². The molecular formula is C39H43NO3P2. The van der Waals surface area contributed by atoms with E-state index in [2.05, 4.69) is 4.90 Å². The van der Waals surface area contributed by atoms with Crippen LogP contribution >= 0.6 is 14.3 Å². The Bertz CT molecular complexity index is 1580. The summed E-state index contributed by atoms with van der Waals surface area (Å²) in [5.41, 5.74) is 5.53. The number of ether oxygens (including phenoxy) is 1. The summed E-state index contributed by atoms with van der Waals surface area (Å²) in [6, 6.07) is 40.3. The van der Waals surface area contributed by atoms with Crippen molar-refractivity contribution >= 4 is 41.2 Å². The zero-order chi connectivity index (χ0) is 32.0. The van der Waals surface area contributed by atoms with Gasteiger partial charge in [-0.25, -0.2) is 0 Å². The van der Waals surface area contributed by atoms with Crippen molar-refractivity contribution in [1.82, 2.24) is 0 Å². The van der Waals surface area contributed by atoms with E-state index in [9.17, 15) is 0 Å². The largest absolute Gasteiger partial charge is 0.497 e. The summed E-state index contributed by atoms with van der Waals surface area (Å²) in [4.78, 5) is 2.24.